The van der Waals surface area contributed by atoms with Crippen molar-refractivity contribution in [2.75, 3.05) is 5.43 Å². The molecule has 4 heteroatoms. The van der Waals surface area contributed by atoms with Crippen molar-refractivity contribution in [1.29, 1.82) is 0 Å². The quantitative estimate of drug-likeness (QED) is 0.700. The molecule has 2 atom stereocenters. The first kappa shape index (κ1) is 15.9. The fourth-order valence-corrected chi connectivity index (χ4v) is 3.30. The summed E-state index contributed by atoms with van der Waals surface area (Å²) in [5.41, 5.74) is 6.10. The maximum Gasteiger partial charge on any atom is 0.305 e. The molecule has 3 nitrogen and oxygen atoms in total. The molecule has 1 aromatic heterocycles. The number of rotatable bonds is 4. The number of benzene rings is 2. The third-order valence-corrected chi connectivity index (χ3v) is 4.89. The van der Waals surface area contributed by atoms with Crippen LogP contribution in [-0.4, -0.2) is 5.91 Å². The van der Waals surface area contributed by atoms with Crippen molar-refractivity contribution in [1.82, 2.24) is 0 Å². The zero-order valence-corrected chi connectivity index (χ0v) is 14.4. The van der Waals surface area contributed by atoms with Gasteiger partial charge >= 0.3 is 5.91 Å². The summed E-state index contributed by atoms with van der Waals surface area (Å²) in [5.74, 6) is 0.964. The van der Waals surface area contributed by atoms with Crippen LogP contribution < -0.4 is 10.1 Å². The zero-order chi connectivity index (χ0) is 17.2. The van der Waals surface area contributed by atoms with Gasteiger partial charge in [0, 0.05) is 22.7 Å². The van der Waals surface area contributed by atoms with Crippen molar-refractivity contribution in [2.45, 2.75) is 18.3 Å². The number of amides is 1. The standard InChI is InChI=1S/C21H17ClN2O/c22-18-10-8-16(9-11-18)20-14-19(20)15-4-6-17(7-5-15)21(25)23-24-12-2-1-3-13-24/h1-13,19-20H,14H2/p+1. The van der Waals surface area contributed by atoms with Gasteiger partial charge in [-0.05, 0) is 53.6 Å². The first-order chi connectivity index (χ1) is 12.2. The molecule has 0 radical (unpaired) electrons. The highest BCUT2D eigenvalue weighted by atomic mass is 35.5. The normalized spacial score (nSPS) is 18.6. The van der Waals surface area contributed by atoms with Crippen LogP contribution in [0.25, 0.3) is 0 Å². The Morgan fingerprint density at radius 1 is 0.880 bits per heavy atom. The molecule has 1 amide bonds. The lowest BCUT2D eigenvalue weighted by Crippen LogP contribution is -2.47. The van der Waals surface area contributed by atoms with E-state index in [1.54, 1.807) is 17.1 Å². The number of hydrogen-bond acceptors (Lipinski definition) is 1. The summed E-state index contributed by atoms with van der Waals surface area (Å²) in [6, 6.07) is 21.7. The van der Waals surface area contributed by atoms with Crippen LogP contribution >= 0.6 is 11.6 Å². The minimum Gasteiger partial charge on any atom is -0.264 e. The largest absolute Gasteiger partial charge is 0.305 e. The molecule has 2 aromatic carbocycles. The summed E-state index contributed by atoms with van der Waals surface area (Å²) in [4.78, 5) is 12.3. The molecule has 0 aliphatic heterocycles. The highest BCUT2D eigenvalue weighted by molar-refractivity contribution is 6.30. The number of nitrogens with one attached hydrogen (secondary N) is 1. The molecule has 0 spiro atoms. The Balaban J connectivity index is 1.42. The molecule has 0 bridgehead atoms. The van der Waals surface area contributed by atoms with Gasteiger partial charge in [-0.25, -0.2) is 0 Å². The van der Waals surface area contributed by atoms with Gasteiger partial charge in [-0.2, -0.15) is 0 Å². The fourth-order valence-electron chi connectivity index (χ4n) is 3.18. The summed E-state index contributed by atoms with van der Waals surface area (Å²) >= 11 is 5.96. The van der Waals surface area contributed by atoms with E-state index in [2.05, 4.69) is 29.7 Å². The first-order valence-electron chi connectivity index (χ1n) is 8.34. The number of hydrogen-bond donors (Lipinski definition) is 1. The second-order valence-electron chi connectivity index (χ2n) is 6.35. The van der Waals surface area contributed by atoms with Gasteiger partial charge in [0.1, 0.15) is 0 Å². The average molecular weight is 350 g/mol. The molecule has 4 rings (SSSR count). The van der Waals surface area contributed by atoms with E-state index in [9.17, 15) is 4.79 Å². The van der Waals surface area contributed by atoms with Gasteiger partial charge in [-0.3, -0.25) is 4.79 Å². The van der Waals surface area contributed by atoms with Crippen molar-refractivity contribution in [3.8, 4) is 0 Å². The van der Waals surface area contributed by atoms with E-state index >= 15 is 0 Å². The second kappa shape index (κ2) is 6.69. The van der Waals surface area contributed by atoms with Crippen molar-refractivity contribution >= 4 is 17.5 Å². The molecule has 1 saturated carbocycles. The van der Waals surface area contributed by atoms with Crippen LogP contribution in [0.15, 0.2) is 79.1 Å². The summed E-state index contributed by atoms with van der Waals surface area (Å²) in [5, 5.41) is 0.771. The van der Waals surface area contributed by atoms with E-state index < -0.39 is 0 Å². The van der Waals surface area contributed by atoms with Crippen LogP contribution in [-0.2, 0) is 0 Å². The van der Waals surface area contributed by atoms with Crippen LogP contribution in [0.2, 0.25) is 5.02 Å². The third kappa shape index (κ3) is 3.57. The van der Waals surface area contributed by atoms with Crippen molar-refractivity contribution in [3.05, 3.63) is 101 Å². The van der Waals surface area contributed by atoms with Gasteiger partial charge in [-0.15, -0.1) is 5.43 Å². The van der Waals surface area contributed by atoms with Crippen molar-refractivity contribution in [2.24, 2.45) is 0 Å². The molecular formula is C21H18ClN2O+. The van der Waals surface area contributed by atoms with Crippen molar-refractivity contribution < 1.29 is 9.47 Å². The van der Waals surface area contributed by atoms with Crippen LogP contribution in [0.3, 0.4) is 0 Å². The van der Waals surface area contributed by atoms with E-state index in [4.69, 9.17) is 11.6 Å². The SMILES string of the molecule is O=C(N[n+]1ccccc1)c1ccc(C2CC2c2ccc(Cl)cc2)cc1. The van der Waals surface area contributed by atoms with Gasteiger partial charge in [0.25, 0.3) is 0 Å². The number of nitrogens with zero attached hydrogens (tertiary/aromatic N) is 1. The molecular weight excluding hydrogens is 332 g/mol. The van der Waals surface area contributed by atoms with E-state index in [-0.39, 0.29) is 5.91 Å². The minimum atomic E-state index is -0.118. The van der Waals surface area contributed by atoms with Crippen LogP contribution in [0, 0.1) is 0 Å². The molecule has 1 aliphatic rings. The lowest BCUT2D eigenvalue weighted by molar-refractivity contribution is -0.641. The van der Waals surface area contributed by atoms with Crippen LogP contribution in [0.5, 0.6) is 0 Å². The lowest BCUT2D eigenvalue weighted by atomic mass is 10.0. The number of carbonyl (C=O) groups excluding carboxylic acids is 1. The molecule has 1 heterocycles. The Morgan fingerprint density at radius 2 is 1.44 bits per heavy atom. The molecule has 1 fully saturated rings. The van der Waals surface area contributed by atoms with Gasteiger partial charge < -0.3 is 0 Å². The Labute approximate surface area is 151 Å². The first-order valence-corrected chi connectivity index (χ1v) is 8.71. The summed E-state index contributed by atoms with van der Waals surface area (Å²) in [6.07, 6.45) is 4.74. The number of aromatic nitrogens is 1. The molecule has 0 saturated heterocycles. The van der Waals surface area contributed by atoms with Crippen LogP contribution in [0.1, 0.15) is 39.7 Å². The molecule has 3 aromatic rings. The summed E-state index contributed by atoms with van der Waals surface area (Å²) in [6.45, 7) is 0. The van der Waals surface area contributed by atoms with Gasteiger partial charge in [0.15, 0.2) is 12.4 Å². The average Bonchev–Trinajstić information content (AvgIpc) is 3.44. The molecule has 2 unspecified atom stereocenters. The van der Waals surface area contributed by atoms with Gasteiger partial charge in [-0.1, -0.05) is 46.6 Å². The highest BCUT2D eigenvalue weighted by Gasteiger charge is 2.39. The minimum absolute atomic E-state index is 0.118. The maximum absolute atomic E-state index is 12.3. The monoisotopic (exact) mass is 349 g/mol. The predicted molar refractivity (Wildman–Crippen MR) is 98.3 cm³/mol. The van der Waals surface area contributed by atoms with Gasteiger partial charge in [0.05, 0.1) is 0 Å². The topological polar surface area (TPSA) is 33.0 Å². The van der Waals surface area contributed by atoms with E-state index in [0.717, 1.165) is 11.4 Å². The molecule has 1 aliphatic carbocycles. The predicted octanol–water partition coefficient (Wildman–Crippen LogP) is 4.28. The number of pyridine rings is 1. The third-order valence-electron chi connectivity index (χ3n) is 4.64. The van der Waals surface area contributed by atoms with Crippen LogP contribution in [0.4, 0.5) is 0 Å². The Bertz CT molecular complexity index is 876. The Kier molecular flexibility index (Phi) is 4.24. The number of carbonyl (C=O) groups is 1. The summed E-state index contributed by atoms with van der Waals surface area (Å²) < 4.78 is 1.65. The molecule has 1 N–H and O–H groups in total. The fraction of sp³-hybridized carbons (Fsp3) is 0.143. The van der Waals surface area contributed by atoms with E-state index in [1.807, 2.05) is 42.5 Å². The zero-order valence-electron chi connectivity index (χ0n) is 13.6. The summed E-state index contributed by atoms with van der Waals surface area (Å²) in [7, 11) is 0. The van der Waals surface area contributed by atoms with E-state index in [0.29, 0.717) is 17.4 Å². The second-order valence-corrected chi connectivity index (χ2v) is 6.78. The van der Waals surface area contributed by atoms with E-state index in [1.165, 1.54) is 11.1 Å². The Morgan fingerprint density at radius 3 is 2.04 bits per heavy atom. The van der Waals surface area contributed by atoms with Gasteiger partial charge in [0.2, 0.25) is 0 Å². The molecule has 124 valence electrons. The lowest BCUT2D eigenvalue weighted by Gasteiger charge is -2.04. The smallest absolute Gasteiger partial charge is 0.264 e. The highest BCUT2D eigenvalue weighted by Crippen LogP contribution is 2.54. The molecule has 25 heavy (non-hydrogen) atoms. The number of halogens is 1. The van der Waals surface area contributed by atoms with Crippen molar-refractivity contribution in [3.63, 3.8) is 0 Å². The maximum atomic E-state index is 12.3. The Hall–Kier alpha value is -2.65.